The molecule has 2 heterocycles. The molecule has 0 saturated carbocycles. The zero-order valence-corrected chi connectivity index (χ0v) is 16.7. The number of aryl methyl sites for hydroxylation is 1. The maximum Gasteiger partial charge on any atom is 0.0720 e. The summed E-state index contributed by atoms with van der Waals surface area (Å²) in [4.78, 5) is 7.32. The first-order valence-electron chi connectivity index (χ1n) is 10.3. The summed E-state index contributed by atoms with van der Waals surface area (Å²) in [6.07, 6.45) is 10.7. The number of rotatable bonds is 6. The predicted octanol–water partition coefficient (Wildman–Crippen LogP) is 4.11. The SMILES string of the molecule is C=Cc1nc2c(c(NCCN3CCC(N)CC3)c1C=C)CCCC2.CC. The van der Waals surface area contributed by atoms with Crippen LogP contribution < -0.4 is 11.1 Å². The third-order valence-electron chi connectivity index (χ3n) is 5.30. The molecule has 0 unspecified atom stereocenters. The Morgan fingerprint density at radius 3 is 2.50 bits per heavy atom. The molecule has 1 saturated heterocycles. The van der Waals surface area contributed by atoms with Crippen LogP contribution in [0.2, 0.25) is 0 Å². The van der Waals surface area contributed by atoms with Gasteiger partial charge >= 0.3 is 0 Å². The first-order chi connectivity index (χ1) is 12.7. The van der Waals surface area contributed by atoms with Crippen LogP contribution in [-0.4, -0.2) is 42.1 Å². The van der Waals surface area contributed by atoms with Crippen LogP contribution in [0.1, 0.15) is 62.0 Å². The van der Waals surface area contributed by atoms with E-state index in [1.165, 1.54) is 29.8 Å². The highest BCUT2D eigenvalue weighted by atomic mass is 15.1. The number of anilines is 1. The molecule has 1 fully saturated rings. The largest absolute Gasteiger partial charge is 0.383 e. The van der Waals surface area contributed by atoms with E-state index in [4.69, 9.17) is 10.7 Å². The van der Waals surface area contributed by atoms with E-state index in [1.807, 2.05) is 26.0 Å². The monoisotopic (exact) mass is 356 g/mol. The molecule has 1 aromatic rings. The number of fused-ring (bicyclic) bond motifs is 1. The molecule has 0 aromatic carbocycles. The second-order valence-corrected chi connectivity index (χ2v) is 6.93. The topological polar surface area (TPSA) is 54.2 Å². The van der Waals surface area contributed by atoms with Crippen LogP contribution in [0.3, 0.4) is 0 Å². The summed E-state index contributed by atoms with van der Waals surface area (Å²) >= 11 is 0. The number of piperidine rings is 1. The van der Waals surface area contributed by atoms with Crippen molar-refractivity contribution in [2.45, 2.75) is 58.4 Å². The normalized spacial score (nSPS) is 17.7. The maximum absolute atomic E-state index is 5.99. The fourth-order valence-corrected chi connectivity index (χ4v) is 3.86. The predicted molar refractivity (Wildman–Crippen MR) is 115 cm³/mol. The van der Waals surface area contributed by atoms with Crippen molar-refractivity contribution < 1.29 is 0 Å². The lowest BCUT2D eigenvalue weighted by atomic mass is 9.91. The number of hydrogen-bond donors (Lipinski definition) is 2. The maximum atomic E-state index is 5.99. The highest BCUT2D eigenvalue weighted by Crippen LogP contribution is 2.32. The van der Waals surface area contributed by atoms with Gasteiger partial charge < -0.3 is 16.0 Å². The van der Waals surface area contributed by atoms with E-state index in [1.54, 1.807) is 0 Å². The Bertz CT molecular complexity index is 601. The van der Waals surface area contributed by atoms with Crippen molar-refractivity contribution in [3.63, 3.8) is 0 Å². The van der Waals surface area contributed by atoms with Gasteiger partial charge in [0.25, 0.3) is 0 Å². The van der Waals surface area contributed by atoms with Gasteiger partial charge in [-0.2, -0.15) is 0 Å². The molecule has 4 nitrogen and oxygen atoms in total. The molecule has 0 amide bonds. The Morgan fingerprint density at radius 2 is 1.85 bits per heavy atom. The lowest BCUT2D eigenvalue weighted by Gasteiger charge is -2.30. The molecule has 0 bridgehead atoms. The van der Waals surface area contributed by atoms with Crippen LogP contribution in [0.4, 0.5) is 5.69 Å². The molecule has 144 valence electrons. The molecule has 0 radical (unpaired) electrons. The van der Waals surface area contributed by atoms with Gasteiger partial charge in [0.15, 0.2) is 0 Å². The highest BCUT2D eigenvalue weighted by Gasteiger charge is 2.20. The molecule has 0 atom stereocenters. The van der Waals surface area contributed by atoms with Crippen LogP contribution in [0.5, 0.6) is 0 Å². The fraction of sp³-hybridized carbons (Fsp3) is 0.591. The van der Waals surface area contributed by atoms with Gasteiger partial charge in [-0.1, -0.05) is 33.1 Å². The quantitative estimate of drug-likeness (QED) is 0.805. The third kappa shape index (κ3) is 4.95. The zero-order valence-electron chi connectivity index (χ0n) is 16.7. The summed E-state index contributed by atoms with van der Waals surface area (Å²) in [6.45, 7) is 16.2. The molecular weight excluding hydrogens is 320 g/mol. The molecule has 26 heavy (non-hydrogen) atoms. The summed E-state index contributed by atoms with van der Waals surface area (Å²) in [5, 5.41) is 3.69. The van der Waals surface area contributed by atoms with Gasteiger partial charge in [-0.05, 0) is 63.3 Å². The molecule has 1 aliphatic heterocycles. The molecule has 1 aliphatic carbocycles. The second-order valence-electron chi connectivity index (χ2n) is 6.93. The van der Waals surface area contributed by atoms with Gasteiger partial charge in [0, 0.05) is 36.1 Å². The number of nitrogens with zero attached hydrogens (tertiary/aromatic N) is 2. The number of nitrogens with two attached hydrogens (primary N) is 1. The molecular formula is C22H36N4. The van der Waals surface area contributed by atoms with Crippen molar-refractivity contribution in [3.8, 4) is 0 Å². The van der Waals surface area contributed by atoms with E-state index in [9.17, 15) is 0 Å². The number of pyridine rings is 1. The molecule has 1 aromatic heterocycles. The molecule has 0 spiro atoms. The average molecular weight is 357 g/mol. The van der Waals surface area contributed by atoms with Crippen LogP contribution in [0.25, 0.3) is 12.2 Å². The minimum Gasteiger partial charge on any atom is -0.383 e. The molecule has 3 rings (SSSR count). The standard InChI is InChI=1S/C20H30N4.C2H6/c1-3-16-18(4-2)23-19-8-6-5-7-17(19)20(16)22-11-14-24-12-9-15(21)10-13-24;1-2/h3-4,15H,1-2,5-14,21H2,(H,22,23);1-2H3. The number of hydrogen-bond acceptors (Lipinski definition) is 4. The third-order valence-corrected chi connectivity index (χ3v) is 5.30. The minimum absolute atomic E-state index is 0.393. The van der Waals surface area contributed by atoms with E-state index >= 15 is 0 Å². The van der Waals surface area contributed by atoms with Gasteiger partial charge in [0.1, 0.15) is 0 Å². The smallest absolute Gasteiger partial charge is 0.0720 e. The van der Waals surface area contributed by atoms with Crippen molar-refractivity contribution in [2.75, 3.05) is 31.5 Å². The Labute approximate surface area is 159 Å². The zero-order chi connectivity index (χ0) is 18.9. The summed E-state index contributed by atoms with van der Waals surface area (Å²) in [5.41, 5.74) is 11.9. The first-order valence-corrected chi connectivity index (χ1v) is 10.3. The van der Waals surface area contributed by atoms with Crippen molar-refractivity contribution in [2.24, 2.45) is 5.73 Å². The first kappa shape index (κ1) is 20.7. The van der Waals surface area contributed by atoms with Crippen molar-refractivity contribution in [1.29, 1.82) is 0 Å². The minimum atomic E-state index is 0.393. The van der Waals surface area contributed by atoms with Gasteiger partial charge in [0.2, 0.25) is 0 Å². The van der Waals surface area contributed by atoms with E-state index < -0.39 is 0 Å². The highest BCUT2D eigenvalue weighted by molar-refractivity contribution is 5.76. The van der Waals surface area contributed by atoms with Crippen LogP contribution in [0, 0.1) is 0 Å². The number of nitrogens with one attached hydrogen (secondary N) is 1. The van der Waals surface area contributed by atoms with Crippen LogP contribution in [0.15, 0.2) is 13.2 Å². The summed E-state index contributed by atoms with van der Waals surface area (Å²) in [7, 11) is 0. The number of aromatic nitrogens is 1. The average Bonchev–Trinajstić information content (AvgIpc) is 2.70. The summed E-state index contributed by atoms with van der Waals surface area (Å²) in [5.74, 6) is 0. The van der Waals surface area contributed by atoms with Gasteiger partial charge in [0.05, 0.1) is 5.69 Å². The molecule has 4 heteroatoms. The lowest BCUT2D eigenvalue weighted by Crippen LogP contribution is -2.41. The fourth-order valence-electron chi connectivity index (χ4n) is 3.86. The van der Waals surface area contributed by atoms with Gasteiger partial charge in [-0.3, -0.25) is 4.98 Å². The van der Waals surface area contributed by atoms with Gasteiger partial charge in [-0.25, -0.2) is 0 Å². The van der Waals surface area contributed by atoms with E-state index in [0.717, 1.165) is 63.1 Å². The molecule has 3 N–H and O–H groups in total. The molecule has 2 aliphatic rings. The van der Waals surface area contributed by atoms with E-state index in [2.05, 4.69) is 23.4 Å². The Morgan fingerprint density at radius 1 is 1.15 bits per heavy atom. The second kappa shape index (κ2) is 10.5. The Balaban J connectivity index is 0.00000117. The van der Waals surface area contributed by atoms with E-state index in [0.29, 0.717) is 6.04 Å². The van der Waals surface area contributed by atoms with E-state index in [-0.39, 0.29) is 0 Å². The Kier molecular flexibility index (Phi) is 8.33. The van der Waals surface area contributed by atoms with Gasteiger partial charge in [-0.15, -0.1) is 0 Å². The van der Waals surface area contributed by atoms with Crippen molar-refractivity contribution in [3.05, 3.63) is 35.7 Å². The van der Waals surface area contributed by atoms with Crippen molar-refractivity contribution >= 4 is 17.8 Å². The Hall–Kier alpha value is -1.65. The van der Waals surface area contributed by atoms with Crippen LogP contribution in [-0.2, 0) is 12.8 Å². The van der Waals surface area contributed by atoms with Crippen molar-refractivity contribution in [1.82, 2.24) is 9.88 Å². The number of likely N-dealkylation sites (tertiary alicyclic amines) is 1. The summed E-state index contributed by atoms with van der Waals surface area (Å²) in [6, 6.07) is 0.393. The summed E-state index contributed by atoms with van der Waals surface area (Å²) < 4.78 is 0. The lowest BCUT2D eigenvalue weighted by molar-refractivity contribution is 0.220. The van der Waals surface area contributed by atoms with Crippen LogP contribution >= 0.6 is 0 Å².